The van der Waals surface area contributed by atoms with Gasteiger partial charge in [0.25, 0.3) is 0 Å². The van der Waals surface area contributed by atoms with Gasteiger partial charge < -0.3 is 4.74 Å². The van der Waals surface area contributed by atoms with Crippen molar-refractivity contribution in [2.75, 3.05) is 13.2 Å². The van der Waals surface area contributed by atoms with E-state index in [4.69, 9.17) is 27.9 Å². The van der Waals surface area contributed by atoms with Crippen LogP contribution in [0.3, 0.4) is 0 Å². The second-order valence-electron chi connectivity index (χ2n) is 6.00. The summed E-state index contributed by atoms with van der Waals surface area (Å²) in [7, 11) is -3.33. The summed E-state index contributed by atoms with van der Waals surface area (Å²) in [6, 6.07) is 5.46. The molecule has 0 unspecified atom stereocenters. The summed E-state index contributed by atoms with van der Waals surface area (Å²) in [6.45, 7) is 0.890. The van der Waals surface area contributed by atoms with E-state index >= 15 is 0 Å². The molecule has 7 heteroatoms. The molecule has 1 N–H and O–H groups in total. The van der Waals surface area contributed by atoms with Gasteiger partial charge in [-0.2, -0.15) is 0 Å². The van der Waals surface area contributed by atoms with Crippen molar-refractivity contribution in [3.63, 3.8) is 0 Å². The summed E-state index contributed by atoms with van der Waals surface area (Å²) in [5.74, 6) is -0.137. The average molecular weight is 364 g/mol. The summed E-state index contributed by atoms with van der Waals surface area (Å²) < 4.78 is 33.4. The predicted octanol–water partition coefficient (Wildman–Crippen LogP) is 3.02. The highest BCUT2D eigenvalue weighted by Gasteiger charge is 2.39. The summed E-state index contributed by atoms with van der Waals surface area (Å²) >= 11 is 12.4. The molecule has 1 saturated carbocycles. The highest BCUT2D eigenvalue weighted by molar-refractivity contribution is 7.90. The van der Waals surface area contributed by atoms with Gasteiger partial charge >= 0.3 is 0 Å². The van der Waals surface area contributed by atoms with Crippen molar-refractivity contribution in [3.05, 3.63) is 33.8 Å². The maximum Gasteiger partial charge on any atom is 0.215 e. The van der Waals surface area contributed by atoms with Gasteiger partial charge in [-0.25, -0.2) is 13.1 Å². The third-order valence-electron chi connectivity index (χ3n) is 4.24. The van der Waals surface area contributed by atoms with Crippen LogP contribution in [0.1, 0.15) is 24.8 Å². The molecule has 1 aliphatic heterocycles. The van der Waals surface area contributed by atoms with E-state index in [1.54, 1.807) is 18.2 Å². The van der Waals surface area contributed by atoms with E-state index in [0.29, 0.717) is 36.1 Å². The summed E-state index contributed by atoms with van der Waals surface area (Å²) in [5.41, 5.74) is 0.799. The fourth-order valence-electron chi connectivity index (χ4n) is 2.89. The van der Waals surface area contributed by atoms with Crippen LogP contribution in [0.4, 0.5) is 0 Å². The maximum absolute atomic E-state index is 12.6. The van der Waals surface area contributed by atoms with Crippen LogP contribution < -0.4 is 4.72 Å². The molecule has 3 rings (SSSR count). The molecule has 2 aliphatic rings. The summed E-state index contributed by atoms with van der Waals surface area (Å²) in [5, 5.41) is 0.697. The first-order chi connectivity index (χ1) is 10.5. The van der Waals surface area contributed by atoms with Crippen LogP contribution in [-0.4, -0.2) is 32.9 Å². The molecule has 0 spiro atoms. The number of hydrogen-bond donors (Lipinski definition) is 1. The molecule has 22 heavy (non-hydrogen) atoms. The first-order valence-corrected chi connectivity index (χ1v) is 9.79. The van der Waals surface area contributed by atoms with E-state index in [0.717, 1.165) is 18.4 Å². The summed E-state index contributed by atoms with van der Waals surface area (Å²) in [6.07, 6.45) is 2.89. The molecular weight excluding hydrogens is 345 g/mol. The quantitative estimate of drug-likeness (QED) is 0.874. The number of rotatable bonds is 5. The number of nitrogens with one attached hydrogen (secondary N) is 1. The minimum atomic E-state index is -3.33. The van der Waals surface area contributed by atoms with Gasteiger partial charge in [0, 0.05) is 28.6 Å². The topological polar surface area (TPSA) is 55.4 Å². The Kier molecular flexibility index (Phi) is 5.00. The number of sulfonamides is 1. The Labute approximate surface area is 141 Å². The molecule has 1 aromatic carbocycles. The van der Waals surface area contributed by atoms with Crippen LogP contribution in [0.15, 0.2) is 18.2 Å². The van der Waals surface area contributed by atoms with Gasteiger partial charge in [0.15, 0.2) is 0 Å². The molecule has 2 atom stereocenters. The zero-order chi connectivity index (χ0) is 15.7. The fraction of sp³-hybridized carbons (Fsp3) is 0.600. The number of halogens is 2. The van der Waals surface area contributed by atoms with Crippen LogP contribution in [0, 0.1) is 5.92 Å². The third kappa shape index (κ3) is 3.77. The lowest BCUT2D eigenvalue weighted by Crippen LogP contribution is -2.45. The van der Waals surface area contributed by atoms with Gasteiger partial charge in [0.2, 0.25) is 10.0 Å². The van der Waals surface area contributed by atoms with Gasteiger partial charge in [-0.05, 0) is 43.4 Å². The highest BCUT2D eigenvalue weighted by Crippen LogP contribution is 2.32. The Hall–Kier alpha value is -0.330. The maximum atomic E-state index is 12.6. The lowest BCUT2D eigenvalue weighted by molar-refractivity contribution is 0.0570. The molecular formula is C15H19Cl2NO3S. The largest absolute Gasteiger partial charge is 0.381 e. The average Bonchev–Trinajstić information content (AvgIpc) is 3.27. The van der Waals surface area contributed by atoms with Crippen molar-refractivity contribution in [1.82, 2.24) is 4.72 Å². The molecule has 2 fully saturated rings. The van der Waals surface area contributed by atoms with Gasteiger partial charge in [0.1, 0.15) is 0 Å². The number of ether oxygens (including phenoxy) is 1. The van der Waals surface area contributed by atoms with E-state index < -0.39 is 15.3 Å². The Balaban J connectivity index is 1.80. The lowest BCUT2D eigenvalue weighted by Gasteiger charge is -2.31. The Bertz CT molecular complexity index is 626. The third-order valence-corrected chi connectivity index (χ3v) is 7.03. The van der Waals surface area contributed by atoms with Crippen molar-refractivity contribution in [2.45, 2.75) is 37.0 Å². The molecule has 1 heterocycles. The van der Waals surface area contributed by atoms with Crippen molar-refractivity contribution >= 4 is 33.2 Å². The van der Waals surface area contributed by atoms with E-state index in [1.807, 2.05) is 0 Å². The molecule has 0 amide bonds. The van der Waals surface area contributed by atoms with Gasteiger partial charge in [-0.3, -0.25) is 0 Å². The van der Waals surface area contributed by atoms with Crippen molar-refractivity contribution in [2.24, 2.45) is 5.92 Å². The minimum absolute atomic E-state index is 0.123. The first kappa shape index (κ1) is 16.5. The smallest absolute Gasteiger partial charge is 0.215 e. The standard InChI is InChI=1S/C15H19Cl2NO3S/c16-13-2-1-3-14(17)12(13)8-10-9-21-7-6-15(10)22(19,20)18-11-4-5-11/h1-3,10-11,15,18H,4-9H2/t10-,15+/m0/s1. The Morgan fingerprint density at radius 3 is 2.50 bits per heavy atom. The van der Waals surface area contributed by atoms with Crippen LogP contribution >= 0.6 is 23.2 Å². The number of hydrogen-bond acceptors (Lipinski definition) is 3. The first-order valence-electron chi connectivity index (χ1n) is 7.49. The van der Waals surface area contributed by atoms with E-state index in [9.17, 15) is 8.42 Å². The zero-order valence-corrected chi connectivity index (χ0v) is 14.4. The molecule has 0 bridgehead atoms. The van der Waals surface area contributed by atoms with E-state index in [1.165, 1.54) is 0 Å². The highest BCUT2D eigenvalue weighted by atomic mass is 35.5. The van der Waals surface area contributed by atoms with Crippen molar-refractivity contribution in [3.8, 4) is 0 Å². The van der Waals surface area contributed by atoms with Crippen molar-refractivity contribution in [1.29, 1.82) is 0 Å². The Morgan fingerprint density at radius 1 is 1.18 bits per heavy atom. The summed E-state index contributed by atoms with van der Waals surface area (Å²) in [4.78, 5) is 0. The van der Waals surface area contributed by atoms with Gasteiger partial charge in [-0.1, -0.05) is 29.3 Å². The van der Waals surface area contributed by atoms with Crippen molar-refractivity contribution < 1.29 is 13.2 Å². The van der Waals surface area contributed by atoms with Crippen LogP contribution in [-0.2, 0) is 21.2 Å². The molecule has 1 aromatic rings. The van der Waals surface area contributed by atoms with Crippen LogP contribution in [0.2, 0.25) is 10.0 Å². The second-order valence-corrected chi connectivity index (χ2v) is 8.75. The van der Waals surface area contributed by atoms with E-state index in [2.05, 4.69) is 4.72 Å². The fourth-order valence-corrected chi connectivity index (χ4v) is 5.40. The minimum Gasteiger partial charge on any atom is -0.381 e. The van der Waals surface area contributed by atoms with Gasteiger partial charge in [0.05, 0.1) is 11.9 Å². The normalized spacial score (nSPS) is 26.1. The molecule has 122 valence electrons. The number of benzene rings is 1. The van der Waals surface area contributed by atoms with Crippen LogP contribution in [0.5, 0.6) is 0 Å². The van der Waals surface area contributed by atoms with Crippen LogP contribution in [0.25, 0.3) is 0 Å². The second kappa shape index (κ2) is 6.65. The molecule has 1 aliphatic carbocycles. The molecule has 4 nitrogen and oxygen atoms in total. The SMILES string of the molecule is O=S(=O)(NC1CC1)[C@@H]1CCOC[C@@H]1Cc1c(Cl)cccc1Cl. The molecule has 1 saturated heterocycles. The van der Waals surface area contributed by atoms with Gasteiger partial charge in [-0.15, -0.1) is 0 Å². The monoisotopic (exact) mass is 363 g/mol. The molecule has 0 radical (unpaired) electrons. The molecule has 0 aromatic heterocycles. The lowest BCUT2D eigenvalue weighted by atomic mass is 9.93. The Morgan fingerprint density at radius 2 is 1.86 bits per heavy atom. The zero-order valence-electron chi connectivity index (χ0n) is 12.1. The predicted molar refractivity (Wildman–Crippen MR) is 88.0 cm³/mol. The van der Waals surface area contributed by atoms with E-state index in [-0.39, 0.29) is 12.0 Å².